The van der Waals surface area contributed by atoms with Gasteiger partial charge in [0.1, 0.15) is 0 Å². The molecule has 0 bridgehead atoms. The molecule has 28 heavy (non-hydrogen) atoms. The van der Waals surface area contributed by atoms with E-state index in [1.165, 1.54) is 0 Å². The highest BCUT2D eigenvalue weighted by Crippen LogP contribution is 2.11. The molecule has 2 rings (SSSR count). The monoisotopic (exact) mass is 389 g/mol. The number of urea groups is 1. The maximum atomic E-state index is 12.7. The van der Waals surface area contributed by atoms with Gasteiger partial charge in [0.2, 0.25) is 5.91 Å². The van der Waals surface area contributed by atoms with Crippen LogP contribution in [0.5, 0.6) is 0 Å². The van der Waals surface area contributed by atoms with E-state index in [2.05, 4.69) is 15.5 Å². The van der Waals surface area contributed by atoms with E-state index < -0.39 is 0 Å². The van der Waals surface area contributed by atoms with Gasteiger partial charge in [-0.2, -0.15) is 0 Å². The molecule has 1 saturated heterocycles. The van der Waals surface area contributed by atoms with Gasteiger partial charge in [-0.3, -0.25) is 14.5 Å². The van der Waals surface area contributed by atoms with Crippen molar-refractivity contribution in [3.8, 4) is 0 Å². The van der Waals surface area contributed by atoms with Crippen LogP contribution in [0.2, 0.25) is 0 Å². The van der Waals surface area contributed by atoms with E-state index in [1.54, 1.807) is 31.1 Å². The minimum absolute atomic E-state index is 0.00403. The third-order valence-corrected chi connectivity index (χ3v) is 4.59. The van der Waals surface area contributed by atoms with Gasteiger partial charge in [0.15, 0.2) is 0 Å². The van der Waals surface area contributed by atoms with Crippen molar-refractivity contribution in [2.75, 3.05) is 46.8 Å². The smallest absolute Gasteiger partial charge is 0.315 e. The molecule has 4 amide bonds. The largest absolute Gasteiger partial charge is 0.348 e. The molecule has 1 aromatic rings. The molecule has 8 nitrogen and oxygen atoms in total. The van der Waals surface area contributed by atoms with E-state index in [4.69, 9.17) is 0 Å². The van der Waals surface area contributed by atoms with Crippen molar-refractivity contribution < 1.29 is 14.4 Å². The number of carbonyl (C=O) groups excluding carboxylic acids is 3. The summed E-state index contributed by atoms with van der Waals surface area (Å²) < 4.78 is 0. The van der Waals surface area contributed by atoms with Gasteiger partial charge in [-0.1, -0.05) is 12.1 Å². The van der Waals surface area contributed by atoms with Crippen LogP contribution in [-0.2, 0) is 11.3 Å². The molecule has 154 valence electrons. The van der Waals surface area contributed by atoms with Gasteiger partial charge < -0.3 is 20.4 Å². The molecule has 0 unspecified atom stereocenters. The Hall–Kier alpha value is -2.61. The highest BCUT2D eigenvalue weighted by molar-refractivity contribution is 5.94. The maximum Gasteiger partial charge on any atom is 0.315 e. The molecule has 1 aliphatic heterocycles. The number of hydrogen-bond donors (Lipinski definition) is 2. The summed E-state index contributed by atoms with van der Waals surface area (Å²) in [7, 11) is 3.50. The number of benzene rings is 1. The topological polar surface area (TPSA) is 85.0 Å². The number of hydrogen-bond acceptors (Lipinski definition) is 4. The minimum Gasteiger partial charge on any atom is -0.348 e. The summed E-state index contributed by atoms with van der Waals surface area (Å²) >= 11 is 0. The SMILES string of the molecule is CC(C)NC(=O)NCc1ccc(C(=O)N2CCN(CC(=O)N(C)C)CC2)cc1. The first-order valence-electron chi connectivity index (χ1n) is 9.61. The Morgan fingerprint density at radius 2 is 1.64 bits per heavy atom. The van der Waals surface area contributed by atoms with E-state index >= 15 is 0 Å². The molecule has 1 heterocycles. The summed E-state index contributed by atoms with van der Waals surface area (Å²) in [5, 5.41) is 5.56. The predicted octanol–water partition coefficient (Wildman–Crippen LogP) is 0.740. The number of likely N-dealkylation sites (N-methyl/N-ethyl adjacent to an activating group) is 1. The Morgan fingerprint density at radius 3 is 2.18 bits per heavy atom. The van der Waals surface area contributed by atoms with Crippen molar-refractivity contribution in [3.05, 3.63) is 35.4 Å². The Kier molecular flexibility index (Phi) is 7.80. The average molecular weight is 390 g/mol. The fraction of sp³-hybridized carbons (Fsp3) is 0.550. The molecule has 8 heteroatoms. The molecule has 1 aromatic carbocycles. The van der Waals surface area contributed by atoms with E-state index in [-0.39, 0.29) is 23.9 Å². The molecule has 0 aliphatic carbocycles. The molecule has 0 atom stereocenters. The van der Waals surface area contributed by atoms with Gasteiger partial charge in [0, 0.05) is 58.4 Å². The number of rotatable bonds is 6. The van der Waals surface area contributed by atoms with Crippen LogP contribution < -0.4 is 10.6 Å². The van der Waals surface area contributed by atoms with Crippen LogP contribution in [0, 0.1) is 0 Å². The minimum atomic E-state index is -0.208. The fourth-order valence-corrected chi connectivity index (χ4v) is 2.89. The summed E-state index contributed by atoms with van der Waals surface area (Å²) in [5.41, 5.74) is 1.57. The Morgan fingerprint density at radius 1 is 1.04 bits per heavy atom. The van der Waals surface area contributed by atoms with E-state index in [1.807, 2.05) is 30.9 Å². The van der Waals surface area contributed by atoms with Crippen LogP contribution in [-0.4, -0.2) is 85.4 Å². The molecule has 1 fully saturated rings. The molecule has 0 spiro atoms. The molecule has 0 saturated carbocycles. The summed E-state index contributed by atoms with van der Waals surface area (Å²) in [6, 6.07) is 7.18. The average Bonchev–Trinajstić information content (AvgIpc) is 2.66. The van der Waals surface area contributed by atoms with Crippen LogP contribution in [0.1, 0.15) is 29.8 Å². The molecule has 1 aliphatic rings. The first-order chi connectivity index (χ1) is 13.3. The number of piperazine rings is 1. The Balaban J connectivity index is 1.81. The molecular formula is C20H31N5O3. The lowest BCUT2D eigenvalue weighted by atomic mass is 10.1. The second-order valence-electron chi connectivity index (χ2n) is 7.54. The summed E-state index contributed by atoms with van der Waals surface area (Å²) in [4.78, 5) is 41.6. The predicted molar refractivity (Wildman–Crippen MR) is 108 cm³/mol. The third kappa shape index (κ3) is 6.53. The Bertz CT molecular complexity index is 680. The van der Waals surface area contributed by atoms with Gasteiger partial charge in [0.05, 0.1) is 6.54 Å². The van der Waals surface area contributed by atoms with Crippen molar-refractivity contribution in [2.24, 2.45) is 0 Å². The van der Waals surface area contributed by atoms with Gasteiger partial charge in [-0.05, 0) is 31.5 Å². The molecular weight excluding hydrogens is 358 g/mol. The zero-order chi connectivity index (χ0) is 20.7. The first-order valence-corrected chi connectivity index (χ1v) is 9.61. The highest BCUT2D eigenvalue weighted by Gasteiger charge is 2.23. The zero-order valence-electron chi connectivity index (χ0n) is 17.2. The zero-order valence-corrected chi connectivity index (χ0v) is 17.2. The summed E-state index contributed by atoms with van der Waals surface area (Å²) in [5.74, 6) is 0.0710. The number of nitrogens with one attached hydrogen (secondary N) is 2. The first kappa shape index (κ1) is 21.7. The second kappa shape index (κ2) is 10.1. The van der Waals surface area contributed by atoms with Crippen LogP contribution in [0.15, 0.2) is 24.3 Å². The Labute approximate surface area is 166 Å². The molecule has 2 N–H and O–H groups in total. The summed E-state index contributed by atoms with van der Waals surface area (Å²) in [6.07, 6.45) is 0. The normalized spacial score (nSPS) is 14.7. The summed E-state index contributed by atoms with van der Waals surface area (Å²) in [6.45, 7) is 7.21. The van der Waals surface area contributed by atoms with Crippen LogP contribution >= 0.6 is 0 Å². The van der Waals surface area contributed by atoms with Gasteiger partial charge in [-0.25, -0.2) is 4.79 Å². The second-order valence-corrected chi connectivity index (χ2v) is 7.54. The van der Waals surface area contributed by atoms with Crippen molar-refractivity contribution in [1.29, 1.82) is 0 Å². The van der Waals surface area contributed by atoms with Crippen molar-refractivity contribution in [3.63, 3.8) is 0 Å². The number of carbonyl (C=O) groups is 3. The fourth-order valence-electron chi connectivity index (χ4n) is 2.89. The molecule has 0 aromatic heterocycles. The molecule has 0 radical (unpaired) electrons. The van der Waals surface area contributed by atoms with Crippen LogP contribution in [0.4, 0.5) is 4.79 Å². The van der Waals surface area contributed by atoms with Gasteiger partial charge >= 0.3 is 6.03 Å². The van der Waals surface area contributed by atoms with Crippen molar-refractivity contribution in [2.45, 2.75) is 26.4 Å². The lowest BCUT2D eigenvalue weighted by molar-refractivity contribution is -0.130. The van der Waals surface area contributed by atoms with Crippen LogP contribution in [0.3, 0.4) is 0 Å². The van der Waals surface area contributed by atoms with E-state index in [0.29, 0.717) is 44.8 Å². The maximum absolute atomic E-state index is 12.7. The van der Waals surface area contributed by atoms with Crippen LogP contribution in [0.25, 0.3) is 0 Å². The lowest BCUT2D eigenvalue weighted by Crippen LogP contribution is -2.51. The quantitative estimate of drug-likeness (QED) is 0.752. The van der Waals surface area contributed by atoms with Gasteiger partial charge in [0.25, 0.3) is 5.91 Å². The number of nitrogens with zero attached hydrogens (tertiary/aromatic N) is 3. The number of amides is 4. The van der Waals surface area contributed by atoms with E-state index in [0.717, 1.165) is 5.56 Å². The third-order valence-electron chi connectivity index (χ3n) is 4.59. The highest BCUT2D eigenvalue weighted by atomic mass is 16.2. The van der Waals surface area contributed by atoms with E-state index in [9.17, 15) is 14.4 Å². The standard InChI is InChI=1S/C20H31N5O3/c1-15(2)22-20(28)21-13-16-5-7-17(8-6-16)19(27)25-11-9-24(10-12-25)14-18(26)23(3)4/h5-8,15H,9-14H2,1-4H3,(H2,21,22,28). The lowest BCUT2D eigenvalue weighted by Gasteiger charge is -2.34. The van der Waals surface area contributed by atoms with Gasteiger partial charge in [-0.15, -0.1) is 0 Å². The van der Waals surface area contributed by atoms with Crippen molar-refractivity contribution >= 4 is 17.8 Å². The van der Waals surface area contributed by atoms with Crippen molar-refractivity contribution in [1.82, 2.24) is 25.3 Å².